The lowest BCUT2D eigenvalue weighted by Crippen LogP contribution is -2.66. The molecule has 6 rings (SSSR count). The molecule has 1 N–H and O–H groups in total. The number of carbonyl (C=O) groups is 7. The second kappa shape index (κ2) is 18.0. The van der Waals surface area contributed by atoms with E-state index in [1.165, 1.54) is 33.3 Å². The summed E-state index contributed by atoms with van der Waals surface area (Å²) in [6, 6.07) is 0. The molecule has 6 aliphatic rings. The van der Waals surface area contributed by atoms with Gasteiger partial charge in [-0.3, -0.25) is 33.6 Å². The zero-order chi connectivity index (χ0) is 47.4. The quantitative estimate of drug-likeness (QED) is 0.127. The van der Waals surface area contributed by atoms with Crippen molar-refractivity contribution in [1.29, 1.82) is 0 Å². The summed E-state index contributed by atoms with van der Waals surface area (Å²) in [7, 11) is 0. The zero-order valence-corrected chi connectivity index (χ0v) is 39.5. The van der Waals surface area contributed by atoms with Crippen LogP contribution >= 0.6 is 0 Å². The highest BCUT2D eigenvalue weighted by atomic mass is 16.7. The minimum absolute atomic E-state index is 0.0427. The van der Waals surface area contributed by atoms with Crippen LogP contribution in [0.2, 0.25) is 0 Å². The van der Waals surface area contributed by atoms with Gasteiger partial charge < -0.3 is 43.0 Å². The molecule has 1 saturated heterocycles. The van der Waals surface area contributed by atoms with Crippen molar-refractivity contribution in [2.24, 2.45) is 50.2 Å². The summed E-state index contributed by atoms with van der Waals surface area (Å²) in [6.45, 7) is 18.6. The lowest BCUT2D eigenvalue weighted by molar-refractivity contribution is -0.313. The molecule has 0 bridgehead atoms. The fourth-order valence-corrected chi connectivity index (χ4v) is 13.9. The molecule has 1 heterocycles. The van der Waals surface area contributed by atoms with Crippen LogP contribution in [0.3, 0.4) is 0 Å². The summed E-state index contributed by atoms with van der Waals surface area (Å²) < 4.78 is 46.6. The van der Waals surface area contributed by atoms with E-state index in [2.05, 4.69) is 40.7 Å². The first kappa shape index (κ1) is 49.4. The highest BCUT2D eigenvalue weighted by Gasteiger charge is 2.70. The Morgan fingerprint density at radius 3 is 1.84 bits per heavy atom. The third kappa shape index (κ3) is 8.82. The molecule has 358 valence electrons. The Kier molecular flexibility index (Phi) is 13.9. The monoisotopic (exact) mass is 902 g/mol. The molecule has 16 nitrogen and oxygen atoms in total. The van der Waals surface area contributed by atoms with Gasteiger partial charge in [0.25, 0.3) is 0 Å². The van der Waals surface area contributed by atoms with Crippen LogP contribution in [0, 0.1) is 50.2 Å². The van der Waals surface area contributed by atoms with Gasteiger partial charge in [-0.25, -0.2) is 0 Å². The largest absolute Gasteiger partial charge is 0.481 e. The van der Waals surface area contributed by atoms with Crippen LogP contribution in [-0.4, -0.2) is 104 Å². The maximum Gasteiger partial charge on any atom is 0.310 e. The van der Waals surface area contributed by atoms with Crippen molar-refractivity contribution in [3.63, 3.8) is 0 Å². The van der Waals surface area contributed by atoms with Crippen molar-refractivity contribution in [3.05, 3.63) is 11.6 Å². The Hall–Kier alpha value is -4.05. The second-order valence-electron chi connectivity index (χ2n) is 21.1. The summed E-state index contributed by atoms with van der Waals surface area (Å²) in [4.78, 5) is 87.3. The Morgan fingerprint density at radius 2 is 1.25 bits per heavy atom. The summed E-state index contributed by atoms with van der Waals surface area (Å²) in [5, 5.41) is 11.1. The van der Waals surface area contributed by atoms with Crippen molar-refractivity contribution in [3.8, 4) is 0 Å². The summed E-state index contributed by atoms with van der Waals surface area (Å²) in [5.41, 5.74) is -1.75. The van der Waals surface area contributed by atoms with Gasteiger partial charge in [0.1, 0.15) is 25.4 Å². The number of rotatable bonds is 12. The molecule has 0 aromatic heterocycles. The average Bonchev–Trinajstić information content (AvgIpc) is 3.18. The van der Waals surface area contributed by atoms with Gasteiger partial charge in [0.15, 0.2) is 24.6 Å². The Bertz CT molecular complexity index is 1910. The highest BCUT2D eigenvalue weighted by molar-refractivity contribution is 5.77. The third-order valence-electron chi connectivity index (χ3n) is 17.1. The SMILES string of the molecule is CC(=O)OCC1OC(OCC2(C)CCC3(C(=O)O)CCC4(C)C(=CCC5C6(C)CCC(OC(C)=O)C(C)(COC(C)=O)C6CCC54C)C3C2)C(OC(C)=O)C(OC(C)=O)C1OC(C)=O. The van der Waals surface area contributed by atoms with Crippen molar-refractivity contribution in [1.82, 2.24) is 0 Å². The number of hydrogen-bond donors (Lipinski definition) is 1. The Morgan fingerprint density at radius 1 is 0.656 bits per heavy atom. The summed E-state index contributed by atoms with van der Waals surface area (Å²) in [5.74, 6) is -4.39. The first-order valence-electron chi connectivity index (χ1n) is 22.9. The topological polar surface area (TPSA) is 214 Å². The first-order chi connectivity index (χ1) is 29.7. The Balaban J connectivity index is 1.31. The molecular weight excluding hydrogens is 833 g/mol. The van der Waals surface area contributed by atoms with E-state index in [4.69, 9.17) is 37.9 Å². The molecule has 64 heavy (non-hydrogen) atoms. The van der Waals surface area contributed by atoms with Gasteiger partial charge in [0.05, 0.1) is 12.0 Å². The molecule has 4 saturated carbocycles. The molecular formula is C48H70O16. The molecule has 0 aromatic rings. The molecule has 0 aromatic carbocycles. The van der Waals surface area contributed by atoms with Crippen LogP contribution < -0.4 is 0 Å². The standard InChI is InChI=1S/C48H70O16/c1-26(49)57-23-34-38(61-29(4)52)39(62-30(5)53)40(63-31(6)54)41(64-34)59-24-43(7)18-20-48(42(55)56)21-19-46(10)32(33(48)22-43)12-13-36-44(8)16-15-37(60-28(3)51)45(9,25-58-27(2)50)35(44)14-17-47(36,46)11/h12,33-41H,13-25H2,1-11H3,(H,55,56). The second-order valence-corrected chi connectivity index (χ2v) is 21.1. The van der Waals surface area contributed by atoms with Gasteiger partial charge in [-0.1, -0.05) is 46.3 Å². The van der Waals surface area contributed by atoms with Crippen molar-refractivity contribution in [2.45, 2.75) is 177 Å². The zero-order valence-electron chi connectivity index (χ0n) is 39.5. The molecule has 5 aliphatic carbocycles. The normalized spacial score (nSPS) is 42.4. The maximum atomic E-state index is 13.6. The van der Waals surface area contributed by atoms with E-state index in [-0.39, 0.29) is 65.8 Å². The number of esters is 6. The molecule has 0 radical (unpaired) electrons. The van der Waals surface area contributed by atoms with Crippen LogP contribution in [0.15, 0.2) is 11.6 Å². The molecule has 0 spiro atoms. The molecule has 15 unspecified atom stereocenters. The van der Waals surface area contributed by atoms with E-state index < -0.39 is 82.9 Å². The maximum absolute atomic E-state index is 13.6. The van der Waals surface area contributed by atoms with Gasteiger partial charge in [0, 0.05) is 47.0 Å². The molecule has 16 heteroatoms. The molecule has 0 amide bonds. The van der Waals surface area contributed by atoms with Gasteiger partial charge in [-0.05, 0) is 104 Å². The Labute approximate surface area is 376 Å². The van der Waals surface area contributed by atoms with Crippen LogP contribution in [-0.2, 0) is 71.5 Å². The van der Waals surface area contributed by atoms with Gasteiger partial charge in [-0.15, -0.1) is 0 Å². The number of ether oxygens (including phenoxy) is 8. The number of carboxylic acid groups (broad SMARTS) is 1. The summed E-state index contributed by atoms with van der Waals surface area (Å²) in [6.07, 6.45) is 1.91. The number of carbonyl (C=O) groups excluding carboxylic acids is 6. The van der Waals surface area contributed by atoms with Gasteiger partial charge in [-0.2, -0.15) is 0 Å². The number of fused-ring (bicyclic) bond motifs is 7. The van der Waals surface area contributed by atoms with E-state index in [0.29, 0.717) is 38.5 Å². The molecule has 5 fully saturated rings. The van der Waals surface area contributed by atoms with Crippen molar-refractivity contribution in [2.75, 3.05) is 19.8 Å². The number of hydrogen-bond acceptors (Lipinski definition) is 15. The van der Waals surface area contributed by atoms with Gasteiger partial charge >= 0.3 is 41.8 Å². The van der Waals surface area contributed by atoms with E-state index in [0.717, 1.165) is 39.5 Å². The minimum Gasteiger partial charge on any atom is -0.481 e. The van der Waals surface area contributed by atoms with Crippen LogP contribution in [0.1, 0.15) is 140 Å². The fraction of sp³-hybridized carbons (Fsp3) is 0.812. The minimum atomic E-state index is -1.38. The smallest absolute Gasteiger partial charge is 0.310 e. The lowest BCUT2D eigenvalue weighted by Gasteiger charge is -2.71. The lowest BCUT2D eigenvalue weighted by atomic mass is 9.33. The highest BCUT2D eigenvalue weighted by Crippen LogP contribution is 2.76. The van der Waals surface area contributed by atoms with E-state index in [1.54, 1.807) is 0 Å². The van der Waals surface area contributed by atoms with Gasteiger partial charge in [0.2, 0.25) is 0 Å². The fourth-order valence-electron chi connectivity index (χ4n) is 13.9. The van der Waals surface area contributed by atoms with Crippen LogP contribution in [0.4, 0.5) is 0 Å². The first-order valence-corrected chi connectivity index (χ1v) is 22.9. The number of carboxylic acids is 1. The number of allylic oxidation sites excluding steroid dienone is 2. The number of aliphatic carboxylic acids is 1. The molecule has 15 atom stereocenters. The van der Waals surface area contributed by atoms with Crippen LogP contribution in [0.5, 0.6) is 0 Å². The third-order valence-corrected chi connectivity index (χ3v) is 17.1. The summed E-state index contributed by atoms with van der Waals surface area (Å²) >= 11 is 0. The predicted molar refractivity (Wildman–Crippen MR) is 225 cm³/mol. The average molecular weight is 903 g/mol. The van der Waals surface area contributed by atoms with Crippen molar-refractivity contribution >= 4 is 41.8 Å². The van der Waals surface area contributed by atoms with Crippen LogP contribution in [0.25, 0.3) is 0 Å². The van der Waals surface area contributed by atoms with Crippen molar-refractivity contribution < 1.29 is 76.6 Å². The molecule has 1 aliphatic heterocycles. The van der Waals surface area contributed by atoms with E-state index >= 15 is 0 Å². The van der Waals surface area contributed by atoms with E-state index in [1.807, 2.05) is 0 Å². The predicted octanol–water partition coefficient (Wildman–Crippen LogP) is 6.43. The van der Waals surface area contributed by atoms with E-state index in [9.17, 15) is 38.7 Å².